The van der Waals surface area contributed by atoms with E-state index < -0.39 is 0 Å². The third kappa shape index (κ3) is 1.28. The van der Waals surface area contributed by atoms with Crippen LogP contribution in [0.4, 0.5) is 0 Å². The Bertz CT molecular complexity index is 190. The van der Waals surface area contributed by atoms with Crippen molar-refractivity contribution >= 4 is 5.78 Å². The summed E-state index contributed by atoms with van der Waals surface area (Å²) >= 11 is 0. The molecule has 0 bridgehead atoms. The molecule has 1 saturated carbocycles. The van der Waals surface area contributed by atoms with Gasteiger partial charge in [0, 0.05) is 18.4 Å². The van der Waals surface area contributed by atoms with E-state index in [2.05, 4.69) is 12.2 Å². The van der Waals surface area contributed by atoms with Gasteiger partial charge in [-0.3, -0.25) is 4.79 Å². The van der Waals surface area contributed by atoms with Gasteiger partial charge >= 0.3 is 0 Å². The van der Waals surface area contributed by atoms with E-state index in [1.54, 1.807) is 0 Å². The van der Waals surface area contributed by atoms with E-state index in [9.17, 15) is 4.79 Å². The van der Waals surface area contributed by atoms with Crippen LogP contribution in [0.5, 0.6) is 0 Å². The lowest BCUT2D eigenvalue weighted by molar-refractivity contribution is -0.128. The van der Waals surface area contributed by atoms with Crippen LogP contribution in [0, 0.1) is 11.8 Å². The maximum atomic E-state index is 11.5. The van der Waals surface area contributed by atoms with Crippen molar-refractivity contribution in [3.63, 3.8) is 0 Å². The zero-order valence-corrected chi connectivity index (χ0v) is 7.68. The second kappa shape index (κ2) is 3.17. The van der Waals surface area contributed by atoms with E-state index in [1.165, 1.54) is 6.42 Å². The van der Waals surface area contributed by atoms with Crippen LogP contribution in [0.1, 0.15) is 32.6 Å². The number of nitrogens with one attached hydrogen (secondary N) is 1. The molecule has 1 aliphatic heterocycles. The molecule has 0 radical (unpaired) electrons. The van der Waals surface area contributed by atoms with Gasteiger partial charge in [0.25, 0.3) is 0 Å². The lowest BCUT2D eigenvalue weighted by Crippen LogP contribution is -2.48. The molecule has 2 nitrogen and oxygen atoms in total. The smallest absolute Gasteiger partial charge is 0.136 e. The van der Waals surface area contributed by atoms with Crippen LogP contribution in [0.3, 0.4) is 0 Å². The van der Waals surface area contributed by atoms with Gasteiger partial charge in [-0.15, -0.1) is 0 Å². The maximum absolute atomic E-state index is 11.5. The van der Waals surface area contributed by atoms with Crippen molar-refractivity contribution in [1.29, 1.82) is 0 Å². The van der Waals surface area contributed by atoms with E-state index in [0.717, 1.165) is 25.8 Å². The summed E-state index contributed by atoms with van der Waals surface area (Å²) in [5.74, 6) is 1.56. The Labute approximate surface area is 73.7 Å². The number of carbonyl (C=O) groups excluding carboxylic acids is 1. The van der Waals surface area contributed by atoms with Crippen molar-refractivity contribution in [1.82, 2.24) is 5.32 Å². The summed E-state index contributed by atoms with van der Waals surface area (Å²) in [6, 6.07) is 0.563. The number of hydrogen-bond acceptors (Lipinski definition) is 2. The number of rotatable bonds is 0. The lowest BCUT2D eigenvalue weighted by Gasteiger charge is -2.39. The SMILES string of the molecule is C[C@@H]1NCC[C@H]2C(=O)CCC[C@H]12. The van der Waals surface area contributed by atoms with Gasteiger partial charge in [0.1, 0.15) is 5.78 Å². The van der Waals surface area contributed by atoms with Crippen molar-refractivity contribution in [3.05, 3.63) is 0 Å². The maximum Gasteiger partial charge on any atom is 0.136 e. The molecule has 0 aromatic carbocycles. The van der Waals surface area contributed by atoms with E-state index >= 15 is 0 Å². The fraction of sp³-hybridized carbons (Fsp3) is 0.900. The van der Waals surface area contributed by atoms with E-state index in [4.69, 9.17) is 0 Å². The van der Waals surface area contributed by atoms with Gasteiger partial charge in [-0.1, -0.05) is 0 Å². The number of ketones is 1. The van der Waals surface area contributed by atoms with Crippen molar-refractivity contribution < 1.29 is 4.79 Å². The Morgan fingerprint density at radius 3 is 3.00 bits per heavy atom. The number of fused-ring (bicyclic) bond motifs is 1. The lowest BCUT2D eigenvalue weighted by atomic mass is 9.71. The molecule has 1 saturated heterocycles. The highest BCUT2D eigenvalue weighted by molar-refractivity contribution is 5.82. The Morgan fingerprint density at radius 1 is 1.42 bits per heavy atom. The Balaban J connectivity index is 2.10. The number of hydrogen-bond donors (Lipinski definition) is 1. The van der Waals surface area contributed by atoms with Crippen molar-refractivity contribution in [2.75, 3.05) is 6.54 Å². The molecule has 1 aliphatic carbocycles. The predicted octanol–water partition coefficient (Wildman–Crippen LogP) is 1.35. The molecule has 2 rings (SSSR count). The van der Waals surface area contributed by atoms with Crippen LogP contribution in [0.2, 0.25) is 0 Å². The fourth-order valence-corrected chi connectivity index (χ4v) is 2.73. The molecule has 0 unspecified atom stereocenters. The van der Waals surface area contributed by atoms with Gasteiger partial charge in [0.2, 0.25) is 0 Å². The molecule has 1 N–H and O–H groups in total. The summed E-state index contributed by atoms with van der Waals surface area (Å²) in [4.78, 5) is 11.5. The normalized spacial score (nSPS) is 42.4. The molecule has 0 aromatic heterocycles. The van der Waals surface area contributed by atoms with Crippen molar-refractivity contribution in [3.8, 4) is 0 Å². The van der Waals surface area contributed by atoms with Gasteiger partial charge in [0.05, 0.1) is 0 Å². The first-order valence-corrected chi connectivity index (χ1v) is 5.05. The molecule has 0 amide bonds. The van der Waals surface area contributed by atoms with Crippen LogP contribution in [-0.2, 0) is 4.79 Å². The predicted molar refractivity (Wildman–Crippen MR) is 47.9 cm³/mol. The van der Waals surface area contributed by atoms with E-state index in [0.29, 0.717) is 23.7 Å². The quantitative estimate of drug-likeness (QED) is 0.590. The minimum atomic E-state index is 0.398. The molecule has 12 heavy (non-hydrogen) atoms. The van der Waals surface area contributed by atoms with Gasteiger partial charge < -0.3 is 5.32 Å². The van der Waals surface area contributed by atoms with Crippen LogP contribution in [0.25, 0.3) is 0 Å². The third-order valence-electron chi connectivity index (χ3n) is 3.45. The van der Waals surface area contributed by atoms with Gasteiger partial charge in [-0.25, -0.2) is 0 Å². The van der Waals surface area contributed by atoms with Crippen LogP contribution < -0.4 is 5.32 Å². The number of piperidine rings is 1. The minimum Gasteiger partial charge on any atom is -0.314 e. The summed E-state index contributed by atoms with van der Waals surface area (Å²) in [5, 5.41) is 3.45. The summed E-state index contributed by atoms with van der Waals surface area (Å²) in [5.41, 5.74) is 0. The van der Waals surface area contributed by atoms with Gasteiger partial charge in [0.15, 0.2) is 0 Å². The third-order valence-corrected chi connectivity index (χ3v) is 3.45. The highest BCUT2D eigenvalue weighted by Crippen LogP contribution is 2.34. The largest absolute Gasteiger partial charge is 0.314 e. The van der Waals surface area contributed by atoms with Gasteiger partial charge in [-0.05, 0) is 38.6 Å². The van der Waals surface area contributed by atoms with Crippen LogP contribution >= 0.6 is 0 Å². The molecule has 1 heterocycles. The first kappa shape index (κ1) is 8.24. The average molecular weight is 167 g/mol. The van der Waals surface area contributed by atoms with Crippen LogP contribution in [-0.4, -0.2) is 18.4 Å². The first-order valence-electron chi connectivity index (χ1n) is 5.05. The highest BCUT2D eigenvalue weighted by atomic mass is 16.1. The van der Waals surface area contributed by atoms with Crippen LogP contribution in [0.15, 0.2) is 0 Å². The fourth-order valence-electron chi connectivity index (χ4n) is 2.73. The Hall–Kier alpha value is -0.370. The molecule has 3 atom stereocenters. The zero-order chi connectivity index (χ0) is 8.55. The van der Waals surface area contributed by atoms with Crippen molar-refractivity contribution in [2.45, 2.75) is 38.6 Å². The molecule has 2 heteroatoms. The monoisotopic (exact) mass is 167 g/mol. The summed E-state index contributed by atoms with van der Waals surface area (Å²) in [6.07, 6.45) is 4.29. The second-order valence-electron chi connectivity index (χ2n) is 4.16. The Morgan fingerprint density at radius 2 is 2.25 bits per heavy atom. The molecule has 0 aromatic rings. The summed E-state index contributed by atoms with van der Waals surface area (Å²) in [7, 11) is 0. The topological polar surface area (TPSA) is 29.1 Å². The zero-order valence-electron chi connectivity index (χ0n) is 7.68. The summed E-state index contributed by atoms with van der Waals surface area (Å²) < 4.78 is 0. The molecule has 2 aliphatic rings. The van der Waals surface area contributed by atoms with Crippen molar-refractivity contribution in [2.24, 2.45) is 11.8 Å². The van der Waals surface area contributed by atoms with E-state index in [1.807, 2.05) is 0 Å². The van der Waals surface area contributed by atoms with Gasteiger partial charge in [-0.2, -0.15) is 0 Å². The summed E-state index contributed by atoms with van der Waals surface area (Å²) in [6.45, 7) is 3.25. The second-order valence-corrected chi connectivity index (χ2v) is 4.16. The molecular formula is C10H17NO. The van der Waals surface area contributed by atoms with E-state index in [-0.39, 0.29) is 0 Å². The number of carbonyl (C=O) groups is 1. The minimum absolute atomic E-state index is 0.398. The number of Topliss-reactive ketones (excluding diaryl/α,β-unsaturated/α-hetero) is 1. The highest BCUT2D eigenvalue weighted by Gasteiger charge is 2.36. The molecule has 0 spiro atoms. The molecule has 68 valence electrons. The average Bonchev–Trinajstić information content (AvgIpc) is 2.07. The molecule has 2 fully saturated rings. The Kier molecular flexibility index (Phi) is 2.18. The molecular weight excluding hydrogens is 150 g/mol. The first-order chi connectivity index (χ1) is 5.79. The standard InChI is InChI=1S/C10H17NO/c1-7-8-3-2-4-10(12)9(8)5-6-11-7/h7-9,11H,2-6H2,1H3/t7-,8+,9+/m0/s1.